The number of unbranched alkanes of at least 4 members (excludes halogenated alkanes) is 4. The van der Waals surface area contributed by atoms with Crippen molar-refractivity contribution in [2.75, 3.05) is 0 Å². The van der Waals surface area contributed by atoms with Crippen LogP contribution in [0.2, 0.25) is 0 Å². The molecule has 0 aliphatic heterocycles. The van der Waals surface area contributed by atoms with Gasteiger partial charge < -0.3 is 4.57 Å². The third-order valence-electron chi connectivity index (χ3n) is 7.78. The van der Waals surface area contributed by atoms with Crippen LogP contribution in [0.4, 0.5) is 10.5 Å². The van der Waals surface area contributed by atoms with E-state index in [9.17, 15) is 19.7 Å². The minimum absolute atomic E-state index is 0.000828. The molecule has 0 saturated heterocycles. The number of nitro groups is 1. The number of imidazole rings is 1. The van der Waals surface area contributed by atoms with E-state index in [1.807, 2.05) is 6.07 Å². The van der Waals surface area contributed by atoms with E-state index < -0.39 is 11.0 Å². The molecule has 2 aromatic heterocycles. The van der Waals surface area contributed by atoms with E-state index >= 15 is 0 Å². The molecule has 2 heterocycles. The summed E-state index contributed by atoms with van der Waals surface area (Å²) in [5.41, 5.74) is 2.36. The van der Waals surface area contributed by atoms with Crippen LogP contribution in [0.15, 0.2) is 60.3 Å². The number of Topliss-reactive ketones (excluding diaryl/α,β-unsaturated/α-hetero) is 1. The molecule has 0 amide bonds. The number of benzene rings is 2. The summed E-state index contributed by atoms with van der Waals surface area (Å²) >= 11 is 0. The molecule has 0 radical (unpaired) electrons. The number of oxime groups is 1. The van der Waals surface area contributed by atoms with Crippen molar-refractivity contribution >= 4 is 45.1 Å². The average Bonchev–Trinajstić information content (AvgIpc) is 3.65. The van der Waals surface area contributed by atoms with Gasteiger partial charge in [0.1, 0.15) is 12.0 Å². The number of ketones is 1. The first-order chi connectivity index (χ1) is 20.4. The highest BCUT2D eigenvalue weighted by atomic mass is 16.7. The molecule has 0 spiro atoms. The lowest BCUT2D eigenvalue weighted by Crippen LogP contribution is -2.17. The Hall–Kier alpha value is -4.34. The van der Waals surface area contributed by atoms with E-state index in [-0.39, 0.29) is 17.2 Å². The predicted octanol–water partition coefficient (Wildman–Crippen LogP) is 8.31. The molecule has 0 saturated carbocycles. The Morgan fingerprint density at radius 1 is 1.00 bits per heavy atom. The first-order valence-corrected chi connectivity index (χ1v) is 14.9. The fourth-order valence-corrected chi connectivity index (χ4v) is 5.31. The van der Waals surface area contributed by atoms with Crippen molar-refractivity contribution in [2.24, 2.45) is 11.1 Å². The number of non-ortho nitro benzene ring substituents is 1. The lowest BCUT2D eigenvalue weighted by atomic mass is 9.99. The first-order valence-electron chi connectivity index (χ1n) is 14.9. The molecule has 0 N–H and O–H groups in total. The van der Waals surface area contributed by atoms with Gasteiger partial charge in [0.15, 0.2) is 0 Å². The van der Waals surface area contributed by atoms with Gasteiger partial charge in [-0.05, 0) is 49.4 Å². The van der Waals surface area contributed by atoms with Gasteiger partial charge in [0.25, 0.3) is 5.69 Å². The molecular weight excluding hydrogens is 534 g/mol. The number of hydrogen-bond donors (Lipinski definition) is 0. The quantitative estimate of drug-likeness (QED) is 0.0352. The summed E-state index contributed by atoms with van der Waals surface area (Å²) in [6, 6.07) is 10.4. The highest BCUT2D eigenvalue weighted by Crippen LogP contribution is 2.34. The van der Waals surface area contributed by atoms with Gasteiger partial charge >= 0.3 is 6.09 Å². The number of rotatable bonds is 15. The van der Waals surface area contributed by atoms with Gasteiger partial charge in [0.2, 0.25) is 5.78 Å². The zero-order valence-electron chi connectivity index (χ0n) is 24.6. The van der Waals surface area contributed by atoms with E-state index in [1.165, 1.54) is 24.8 Å². The molecule has 1 atom stereocenters. The molecular formula is C32H39N5O5. The van der Waals surface area contributed by atoms with Gasteiger partial charge in [-0.15, -0.1) is 0 Å². The normalized spacial score (nSPS) is 12.6. The lowest BCUT2D eigenvalue weighted by Gasteiger charge is -2.17. The lowest BCUT2D eigenvalue weighted by molar-refractivity contribution is -0.384. The van der Waals surface area contributed by atoms with Gasteiger partial charge in [0.05, 0.1) is 4.92 Å². The van der Waals surface area contributed by atoms with Crippen molar-refractivity contribution in [1.29, 1.82) is 0 Å². The van der Waals surface area contributed by atoms with E-state index in [4.69, 9.17) is 4.84 Å². The molecule has 0 bridgehead atoms. The highest BCUT2D eigenvalue weighted by molar-refractivity contribution is 6.46. The van der Waals surface area contributed by atoms with Crippen molar-refractivity contribution in [3.05, 3.63) is 70.8 Å². The smallest absolute Gasteiger partial charge is 0.340 e. The van der Waals surface area contributed by atoms with Crippen molar-refractivity contribution in [3.63, 3.8) is 0 Å². The first kappa shape index (κ1) is 30.6. The Bertz CT molecular complexity index is 1570. The Balaban J connectivity index is 1.74. The van der Waals surface area contributed by atoms with Gasteiger partial charge in [-0.25, -0.2) is 14.3 Å². The second-order valence-electron chi connectivity index (χ2n) is 10.7. The minimum atomic E-state index is -0.759. The van der Waals surface area contributed by atoms with Crippen LogP contribution in [0.1, 0.15) is 88.9 Å². The fourth-order valence-electron chi connectivity index (χ4n) is 5.31. The summed E-state index contributed by atoms with van der Waals surface area (Å²) in [5, 5.41) is 17.1. The van der Waals surface area contributed by atoms with Gasteiger partial charge in [-0.1, -0.05) is 64.5 Å². The van der Waals surface area contributed by atoms with Gasteiger partial charge in [0, 0.05) is 58.4 Å². The third kappa shape index (κ3) is 7.10. The zero-order valence-corrected chi connectivity index (χ0v) is 24.6. The molecule has 0 aliphatic rings. The molecule has 10 nitrogen and oxygen atoms in total. The maximum atomic E-state index is 13.8. The zero-order chi connectivity index (χ0) is 30.1. The van der Waals surface area contributed by atoms with Crippen LogP contribution in [-0.2, 0) is 11.4 Å². The standard InChI is InChI=1S/C32H39N5O5/c1-4-7-9-10-12-28(34-42-32(39)35-18-17-33-22-35)31(38)24-13-15-29-26(19-24)27-20-25(37(40)41)14-16-30(27)36(29)21-23(6-3)11-8-5-2/h13-20,22-23H,4-12,21H2,1-3H3. The Labute approximate surface area is 245 Å². The Morgan fingerprint density at radius 3 is 2.40 bits per heavy atom. The number of fused-ring (bicyclic) bond motifs is 3. The largest absolute Gasteiger partial charge is 0.445 e. The molecule has 4 rings (SSSR count). The van der Waals surface area contributed by atoms with Crippen LogP contribution in [0.5, 0.6) is 0 Å². The summed E-state index contributed by atoms with van der Waals surface area (Å²) in [6.45, 7) is 7.27. The second kappa shape index (κ2) is 14.5. The topological polar surface area (TPSA) is 122 Å². The average molecular weight is 574 g/mol. The molecule has 1 unspecified atom stereocenters. The van der Waals surface area contributed by atoms with E-state index in [1.54, 1.807) is 24.3 Å². The predicted molar refractivity (Wildman–Crippen MR) is 164 cm³/mol. The summed E-state index contributed by atoms with van der Waals surface area (Å²) in [6.07, 6.45) is 11.9. The SMILES string of the molecule is CCCCCCC(=NOC(=O)n1ccnc1)C(=O)c1ccc2c(c1)c1cc([N+](=O)[O-])ccc1n2CC(CC)CCCC. The number of carbonyl (C=O) groups is 2. The summed E-state index contributed by atoms with van der Waals surface area (Å²) in [4.78, 5) is 46.3. The van der Waals surface area contributed by atoms with Crippen molar-refractivity contribution in [2.45, 2.75) is 85.1 Å². The van der Waals surface area contributed by atoms with E-state index in [0.717, 1.165) is 84.3 Å². The summed E-state index contributed by atoms with van der Waals surface area (Å²) in [7, 11) is 0. The van der Waals surface area contributed by atoms with E-state index in [0.29, 0.717) is 17.9 Å². The molecule has 0 fully saturated rings. The maximum Gasteiger partial charge on any atom is 0.445 e. The maximum absolute atomic E-state index is 13.8. The molecule has 4 aromatic rings. The van der Waals surface area contributed by atoms with E-state index in [2.05, 4.69) is 35.5 Å². The Morgan fingerprint density at radius 2 is 1.74 bits per heavy atom. The summed E-state index contributed by atoms with van der Waals surface area (Å²) in [5.74, 6) is 0.125. The monoisotopic (exact) mass is 573 g/mol. The van der Waals surface area contributed by atoms with Crippen molar-refractivity contribution < 1.29 is 19.3 Å². The minimum Gasteiger partial charge on any atom is -0.340 e. The molecule has 222 valence electrons. The number of nitro benzene ring substituents is 1. The number of hydrogen-bond acceptors (Lipinski definition) is 7. The molecule has 10 heteroatoms. The van der Waals surface area contributed by atoms with Crippen LogP contribution in [0.3, 0.4) is 0 Å². The van der Waals surface area contributed by atoms with Crippen molar-refractivity contribution in [1.82, 2.24) is 14.1 Å². The number of carbonyl (C=O) groups excluding carboxylic acids is 2. The molecule has 0 aliphatic carbocycles. The van der Waals surface area contributed by atoms with Crippen LogP contribution >= 0.6 is 0 Å². The van der Waals surface area contributed by atoms with Crippen LogP contribution in [-0.4, -0.2) is 36.6 Å². The van der Waals surface area contributed by atoms with Crippen LogP contribution in [0.25, 0.3) is 21.8 Å². The fraction of sp³-hybridized carbons (Fsp3) is 0.438. The second-order valence-corrected chi connectivity index (χ2v) is 10.7. The van der Waals surface area contributed by atoms with Gasteiger partial charge in [-0.2, -0.15) is 0 Å². The molecule has 2 aromatic carbocycles. The highest BCUT2D eigenvalue weighted by Gasteiger charge is 2.21. The van der Waals surface area contributed by atoms with Gasteiger partial charge in [-0.3, -0.25) is 19.7 Å². The van der Waals surface area contributed by atoms with Crippen LogP contribution in [0, 0.1) is 16.0 Å². The number of aromatic nitrogens is 3. The van der Waals surface area contributed by atoms with Crippen molar-refractivity contribution in [3.8, 4) is 0 Å². The Kier molecular flexibility index (Phi) is 10.6. The summed E-state index contributed by atoms with van der Waals surface area (Å²) < 4.78 is 3.36. The number of nitrogens with zero attached hydrogens (tertiary/aromatic N) is 5. The third-order valence-corrected chi connectivity index (χ3v) is 7.78. The molecule has 42 heavy (non-hydrogen) atoms. The van der Waals surface area contributed by atoms with Crippen LogP contribution < -0.4 is 0 Å².